The van der Waals surface area contributed by atoms with Crippen LogP contribution in [-0.2, 0) is 24.3 Å². The number of hydrogen-bond acceptors (Lipinski definition) is 3. The van der Waals surface area contributed by atoms with Gasteiger partial charge in [0.25, 0.3) is 0 Å². The molecule has 0 radical (unpaired) electrons. The Hall–Kier alpha value is -2.86. The zero-order valence-corrected chi connectivity index (χ0v) is 15.6. The van der Waals surface area contributed by atoms with Gasteiger partial charge in [-0.15, -0.1) is 0 Å². The van der Waals surface area contributed by atoms with Crippen molar-refractivity contribution in [3.05, 3.63) is 65.2 Å². The Kier molecular flexibility index (Phi) is 6.44. The Morgan fingerprint density at radius 2 is 1.78 bits per heavy atom. The first kappa shape index (κ1) is 18.9. The number of anilines is 1. The summed E-state index contributed by atoms with van der Waals surface area (Å²) in [5, 5.41) is 8.86. The van der Waals surface area contributed by atoms with Crippen LogP contribution in [0.4, 0.5) is 10.5 Å². The lowest BCUT2D eigenvalue weighted by molar-refractivity contribution is -0.115. The van der Waals surface area contributed by atoms with E-state index in [1.807, 2.05) is 49.4 Å². The second-order valence-corrected chi connectivity index (χ2v) is 6.58. The fourth-order valence-electron chi connectivity index (χ4n) is 3.19. The molecule has 0 spiro atoms. The summed E-state index contributed by atoms with van der Waals surface area (Å²) in [6, 6.07) is 15.6. The molecule has 3 rings (SSSR count). The number of nitrogens with zero attached hydrogens (tertiary/aromatic N) is 1. The molecule has 6 nitrogen and oxygen atoms in total. The minimum absolute atomic E-state index is 0.0491. The molecule has 3 N–H and O–H groups in total. The summed E-state index contributed by atoms with van der Waals surface area (Å²) in [4.78, 5) is 26.4. The highest BCUT2D eigenvalue weighted by atomic mass is 16.2. The van der Waals surface area contributed by atoms with Crippen molar-refractivity contribution in [2.75, 3.05) is 25.0 Å². The minimum Gasteiger partial charge on any atom is -0.329 e. The van der Waals surface area contributed by atoms with Gasteiger partial charge in [0.05, 0.1) is 6.54 Å². The van der Waals surface area contributed by atoms with E-state index in [1.54, 1.807) is 4.90 Å². The summed E-state index contributed by atoms with van der Waals surface area (Å²) >= 11 is 0. The van der Waals surface area contributed by atoms with E-state index < -0.39 is 0 Å². The molecule has 0 bridgehead atoms. The smallest absolute Gasteiger partial charge is 0.318 e. The zero-order chi connectivity index (χ0) is 19.1. The monoisotopic (exact) mass is 366 g/mol. The van der Waals surface area contributed by atoms with Gasteiger partial charge in [-0.05, 0) is 35.7 Å². The SMILES string of the molecule is CCNCc1ccccc1NC(=O)CNC(=O)N1CCc2ccccc2C1. The van der Waals surface area contributed by atoms with Crippen LogP contribution in [0, 0.1) is 0 Å². The van der Waals surface area contributed by atoms with Crippen molar-refractivity contribution < 1.29 is 9.59 Å². The third-order valence-electron chi connectivity index (χ3n) is 4.67. The number of benzene rings is 2. The van der Waals surface area contributed by atoms with E-state index >= 15 is 0 Å². The van der Waals surface area contributed by atoms with Crippen LogP contribution in [0.2, 0.25) is 0 Å². The number of urea groups is 1. The number of rotatable bonds is 6. The normalized spacial score (nSPS) is 13.0. The Morgan fingerprint density at radius 1 is 1.04 bits per heavy atom. The first-order chi connectivity index (χ1) is 13.2. The average molecular weight is 366 g/mol. The van der Waals surface area contributed by atoms with E-state index in [2.05, 4.69) is 22.0 Å². The molecule has 2 aromatic carbocycles. The molecule has 0 saturated heterocycles. The maximum atomic E-state index is 12.4. The van der Waals surface area contributed by atoms with Gasteiger partial charge in [0.15, 0.2) is 0 Å². The van der Waals surface area contributed by atoms with Crippen LogP contribution in [0.1, 0.15) is 23.6 Å². The summed E-state index contributed by atoms with van der Waals surface area (Å²) < 4.78 is 0. The topological polar surface area (TPSA) is 73.5 Å². The highest BCUT2D eigenvalue weighted by Crippen LogP contribution is 2.18. The van der Waals surface area contributed by atoms with Crippen LogP contribution >= 0.6 is 0 Å². The lowest BCUT2D eigenvalue weighted by atomic mass is 10.0. The van der Waals surface area contributed by atoms with Crippen molar-refractivity contribution >= 4 is 17.6 Å². The van der Waals surface area contributed by atoms with Crippen LogP contribution < -0.4 is 16.0 Å². The number of para-hydroxylation sites is 1. The first-order valence-electron chi connectivity index (χ1n) is 9.35. The summed E-state index contributed by atoms with van der Waals surface area (Å²) in [5.74, 6) is -0.232. The maximum Gasteiger partial charge on any atom is 0.318 e. The molecular formula is C21H26N4O2. The summed E-state index contributed by atoms with van der Waals surface area (Å²) in [6.45, 7) is 4.77. The van der Waals surface area contributed by atoms with Gasteiger partial charge in [0.1, 0.15) is 0 Å². The number of carbonyl (C=O) groups is 2. The highest BCUT2D eigenvalue weighted by molar-refractivity contribution is 5.94. The lowest BCUT2D eigenvalue weighted by Gasteiger charge is -2.28. The Labute approximate surface area is 159 Å². The molecule has 0 atom stereocenters. The van der Waals surface area contributed by atoms with Crippen molar-refractivity contribution in [3.63, 3.8) is 0 Å². The highest BCUT2D eigenvalue weighted by Gasteiger charge is 2.20. The van der Waals surface area contributed by atoms with Gasteiger partial charge < -0.3 is 20.9 Å². The predicted molar refractivity (Wildman–Crippen MR) is 106 cm³/mol. The van der Waals surface area contributed by atoms with E-state index in [1.165, 1.54) is 11.1 Å². The Balaban J connectivity index is 1.50. The molecule has 0 aromatic heterocycles. The molecule has 0 fully saturated rings. The van der Waals surface area contributed by atoms with Crippen molar-refractivity contribution in [3.8, 4) is 0 Å². The van der Waals surface area contributed by atoms with Crippen molar-refractivity contribution in [2.24, 2.45) is 0 Å². The number of hydrogen-bond donors (Lipinski definition) is 3. The fraction of sp³-hybridized carbons (Fsp3) is 0.333. The molecule has 6 heteroatoms. The van der Waals surface area contributed by atoms with E-state index in [4.69, 9.17) is 0 Å². The van der Waals surface area contributed by atoms with Crippen LogP contribution in [0.15, 0.2) is 48.5 Å². The van der Waals surface area contributed by atoms with E-state index in [-0.39, 0.29) is 18.5 Å². The molecule has 1 aliphatic rings. The molecular weight excluding hydrogens is 340 g/mol. The van der Waals surface area contributed by atoms with Crippen molar-refractivity contribution in [1.82, 2.24) is 15.5 Å². The maximum absolute atomic E-state index is 12.4. The molecule has 3 amide bonds. The van der Waals surface area contributed by atoms with Crippen LogP contribution in [0.25, 0.3) is 0 Å². The molecule has 142 valence electrons. The van der Waals surface area contributed by atoms with Crippen LogP contribution in [-0.4, -0.2) is 36.5 Å². The molecule has 0 saturated carbocycles. The minimum atomic E-state index is -0.232. The van der Waals surface area contributed by atoms with Gasteiger partial charge in [0, 0.05) is 25.3 Å². The average Bonchev–Trinajstić information content (AvgIpc) is 2.71. The summed E-state index contributed by atoms with van der Waals surface area (Å²) in [7, 11) is 0. The molecule has 27 heavy (non-hydrogen) atoms. The predicted octanol–water partition coefficient (Wildman–Crippen LogP) is 2.50. The van der Waals surface area contributed by atoms with Gasteiger partial charge in [-0.2, -0.15) is 0 Å². The molecule has 1 heterocycles. The second-order valence-electron chi connectivity index (χ2n) is 6.58. The lowest BCUT2D eigenvalue weighted by Crippen LogP contribution is -2.45. The quantitative estimate of drug-likeness (QED) is 0.735. The molecule has 2 aromatic rings. The second kappa shape index (κ2) is 9.19. The van der Waals surface area contributed by atoms with Gasteiger partial charge in [-0.1, -0.05) is 49.4 Å². The third-order valence-corrected chi connectivity index (χ3v) is 4.67. The van der Waals surface area contributed by atoms with Gasteiger partial charge in [0.2, 0.25) is 5.91 Å². The van der Waals surface area contributed by atoms with Crippen LogP contribution in [0.3, 0.4) is 0 Å². The van der Waals surface area contributed by atoms with Gasteiger partial charge in [-0.25, -0.2) is 4.79 Å². The number of fused-ring (bicyclic) bond motifs is 1. The number of nitrogens with one attached hydrogen (secondary N) is 3. The Morgan fingerprint density at radius 3 is 2.59 bits per heavy atom. The fourth-order valence-corrected chi connectivity index (χ4v) is 3.19. The van der Waals surface area contributed by atoms with E-state index in [0.717, 1.165) is 24.2 Å². The zero-order valence-electron chi connectivity index (χ0n) is 15.6. The standard InChI is InChI=1S/C21H26N4O2/c1-2-22-13-17-8-5-6-10-19(17)24-20(26)14-23-21(27)25-12-11-16-7-3-4-9-18(16)15-25/h3-10,22H,2,11-15H2,1H3,(H,23,27)(H,24,26). The van der Waals surface area contributed by atoms with E-state index in [9.17, 15) is 9.59 Å². The summed E-state index contributed by atoms with van der Waals surface area (Å²) in [5.41, 5.74) is 4.24. The van der Waals surface area contributed by atoms with Crippen molar-refractivity contribution in [2.45, 2.75) is 26.4 Å². The third kappa shape index (κ3) is 5.08. The molecule has 0 aliphatic carbocycles. The van der Waals surface area contributed by atoms with Gasteiger partial charge in [-0.3, -0.25) is 4.79 Å². The molecule has 0 unspecified atom stereocenters. The van der Waals surface area contributed by atoms with Gasteiger partial charge >= 0.3 is 6.03 Å². The summed E-state index contributed by atoms with van der Waals surface area (Å²) in [6.07, 6.45) is 0.841. The van der Waals surface area contributed by atoms with Crippen LogP contribution in [0.5, 0.6) is 0 Å². The largest absolute Gasteiger partial charge is 0.329 e. The first-order valence-corrected chi connectivity index (χ1v) is 9.35. The molecule has 1 aliphatic heterocycles. The van der Waals surface area contributed by atoms with Crippen molar-refractivity contribution in [1.29, 1.82) is 0 Å². The number of amides is 3. The van der Waals surface area contributed by atoms with E-state index in [0.29, 0.717) is 19.6 Å². The Bertz CT molecular complexity index is 806. The number of carbonyl (C=O) groups excluding carboxylic acids is 2.